The van der Waals surface area contributed by atoms with E-state index < -0.39 is 5.60 Å². The summed E-state index contributed by atoms with van der Waals surface area (Å²) in [5.41, 5.74) is 1.21. The molecule has 1 heterocycles. The highest BCUT2D eigenvalue weighted by Gasteiger charge is 2.63. The highest BCUT2D eigenvalue weighted by atomic mass is 32.2. The summed E-state index contributed by atoms with van der Waals surface area (Å²) >= 11 is 1.72. The Balaban J connectivity index is 1.38. The highest BCUT2D eigenvalue weighted by Crippen LogP contribution is 2.68. The summed E-state index contributed by atoms with van der Waals surface area (Å²) in [7, 11) is 2.03. The van der Waals surface area contributed by atoms with Gasteiger partial charge in [0.1, 0.15) is 0 Å². The minimum absolute atomic E-state index is 0.0120. The third-order valence-electron chi connectivity index (χ3n) is 9.63. The highest BCUT2D eigenvalue weighted by molar-refractivity contribution is 7.99. The molecule has 1 aromatic heterocycles. The lowest BCUT2D eigenvalue weighted by atomic mass is 9.46. The molecular formula is C24H36N2O2S. The maximum Gasteiger partial charge on any atom is 0.167 e. The van der Waals surface area contributed by atoms with Gasteiger partial charge in [-0.25, -0.2) is 4.98 Å². The molecule has 2 N–H and O–H groups in total. The van der Waals surface area contributed by atoms with E-state index in [2.05, 4.69) is 24.9 Å². The van der Waals surface area contributed by atoms with Gasteiger partial charge >= 0.3 is 0 Å². The fourth-order valence-electron chi connectivity index (χ4n) is 7.73. The largest absolute Gasteiger partial charge is 0.389 e. The number of rotatable bonds is 3. The second-order valence-corrected chi connectivity index (χ2v) is 11.7. The van der Waals surface area contributed by atoms with Crippen LogP contribution in [0, 0.1) is 28.6 Å². The van der Waals surface area contributed by atoms with Gasteiger partial charge in [0.15, 0.2) is 5.16 Å². The maximum atomic E-state index is 11.9. The predicted molar refractivity (Wildman–Crippen MR) is 117 cm³/mol. The van der Waals surface area contributed by atoms with E-state index in [1.165, 1.54) is 18.4 Å². The quantitative estimate of drug-likeness (QED) is 0.560. The van der Waals surface area contributed by atoms with Gasteiger partial charge in [0.2, 0.25) is 0 Å². The molecule has 5 rings (SSSR count). The van der Waals surface area contributed by atoms with Crippen LogP contribution in [0.4, 0.5) is 0 Å². The van der Waals surface area contributed by atoms with Crippen molar-refractivity contribution in [2.24, 2.45) is 35.6 Å². The van der Waals surface area contributed by atoms with Crippen LogP contribution in [0.3, 0.4) is 0 Å². The number of hydrogen-bond acceptors (Lipinski definition) is 4. The first-order valence-corrected chi connectivity index (χ1v) is 12.5. The molecule has 4 aliphatic rings. The second-order valence-electron chi connectivity index (χ2n) is 10.8. The topological polar surface area (TPSA) is 58.3 Å². The molecule has 160 valence electrons. The normalized spacial score (nSPS) is 46.6. The number of hydrogen-bond donors (Lipinski definition) is 2. The van der Waals surface area contributed by atoms with Crippen molar-refractivity contribution in [1.82, 2.24) is 9.55 Å². The number of aliphatic hydroxyl groups is 2. The molecular weight excluding hydrogens is 380 g/mol. The van der Waals surface area contributed by atoms with Gasteiger partial charge < -0.3 is 14.8 Å². The zero-order valence-electron chi connectivity index (χ0n) is 18.1. The van der Waals surface area contributed by atoms with Crippen LogP contribution in [0.1, 0.15) is 65.2 Å². The number of imidazole rings is 1. The van der Waals surface area contributed by atoms with Crippen LogP contribution in [-0.4, -0.2) is 37.2 Å². The Morgan fingerprint density at radius 2 is 1.93 bits per heavy atom. The van der Waals surface area contributed by atoms with Crippen molar-refractivity contribution < 1.29 is 10.2 Å². The first kappa shape index (κ1) is 20.1. The van der Waals surface area contributed by atoms with Crippen LogP contribution in [0.2, 0.25) is 0 Å². The lowest BCUT2D eigenvalue weighted by Crippen LogP contribution is -2.55. The Hall–Kier alpha value is -0.780. The summed E-state index contributed by atoms with van der Waals surface area (Å²) in [5, 5.41) is 23.0. The molecule has 1 aromatic rings. The zero-order valence-corrected chi connectivity index (χ0v) is 18.9. The van der Waals surface area contributed by atoms with Crippen LogP contribution in [-0.2, 0) is 7.05 Å². The number of aliphatic hydroxyl groups excluding tert-OH is 1. The summed E-state index contributed by atoms with van der Waals surface area (Å²) in [6, 6.07) is 0. The molecule has 3 saturated carbocycles. The third-order valence-corrected chi connectivity index (χ3v) is 10.9. The molecule has 29 heavy (non-hydrogen) atoms. The van der Waals surface area contributed by atoms with Crippen molar-refractivity contribution in [1.29, 1.82) is 0 Å². The first-order valence-electron chi connectivity index (χ1n) is 11.5. The van der Waals surface area contributed by atoms with Crippen LogP contribution in [0.5, 0.6) is 0 Å². The minimum Gasteiger partial charge on any atom is -0.389 e. The molecule has 3 fully saturated rings. The molecule has 0 radical (unpaired) electrons. The van der Waals surface area contributed by atoms with Crippen molar-refractivity contribution in [2.75, 3.05) is 5.75 Å². The molecule has 0 amide bonds. The van der Waals surface area contributed by atoms with Crippen molar-refractivity contribution in [2.45, 2.75) is 82.1 Å². The van der Waals surface area contributed by atoms with E-state index >= 15 is 0 Å². The predicted octanol–water partition coefficient (Wildman–Crippen LogP) is 4.57. The van der Waals surface area contributed by atoms with Gasteiger partial charge in [-0.2, -0.15) is 0 Å². The average molecular weight is 417 g/mol. The number of nitrogens with zero attached hydrogens (tertiary/aromatic N) is 2. The Morgan fingerprint density at radius 1 is 1.14 bits per heavy atom. The lowest BCUT2D eigenvalue weighted by Gasteiger charge is -2.59. The van der Waals surface area contributed by atoms with Crippen molar-refractivity contribution in [3.05, 3.63) is 24.0 Å². The fraction of sp³-hybridized carbons (Fsp3) is 0.792. The fourth-order valence-corrected chi connectivity index (χ4v) is 8.97. The number of thioether (sulfide) groups is 1. The lowest BCUT2D eigenvalue weighted by molar-refractivity contribution is -0.116. The van der Waals surface area contributed by atoms with E-state index in [0.717, 1.165) is 61.3 Å². The molecule has 0 unspecified atom stereocenters. The van der Waals surface area contributed by atoms with E-state index in [-0.39, 0.29) is 16.9 Å². The van der Waals surface area contributed by atoms with Crippen LogP contribution in [0.15, 0.2) is 29.2 Å². The molecule has 5 heteroatoms. The van der Waals surface area contributed by atoms with Gasteiger partial charge in [-0.1, -0.05) is 37.3 Å². The van der Waals surface area contributed by atoms with Gasteiger partial charge in [0.25, 0.3) is 0 Å². The third kappa shape index (κ3) is 2.90. The molecule has 0 aliphatic heterocycles. The minimum atomic E-state index is -0.598. The Labute approximate surface area is 179 Å². The molecule has 4 aliphatic carbocycles. The van der Waals surface area contributed by atoms with Gasteiger partial charge in [-0.05, 0) is 74.5 Å². The standard InChI is InChI=1S/C24H36N2O2S/c1-22-9-6-17(27)14-16(22)4-5-18-19(22)7-10-23(2)20(18)8-11-24(23,28)15-29-21-25-12-13-26(21)3/h12-14,17-20,27-28H,4-11,15H2,1-3H3/t17-,18-,19-,20+,22-,23-,24+/m0/s1. The monoisotopic (exact) mass is 416 g/mol. The Morgan fingerprint density at radius 3 is 2.69 bits per heavy atom. The summed E-state index contributed by atoms with van der Waals surface area (Å²) in [5.74, 6) is 2.81. The number of allylic oxidation sites excluding steroid dienone is 1. The molecule has 7 atom stereocenters. The van der Waals surface area contributed by atoms with E-state index in [1.54, 1.807) is 11.8 Å². The number of fused-ring (bicyclic) bond motifs is 5. The van der Waals surface area contributed by atoms with E-state index in [9.17, 15) is 10.2 Å². The number of aromatic nitrogens is 2. The second kappa shape index (κ2) is 6.86. The molecule has 0 aromatic carbocycles. The maximum absolute atomic E-state index is 11.9. The molecule has 0 saturated heterocycles. The number of aryl methyl sites for hydroxylation is 1. The van der Waals surface area contributed by atoms with Gasteiger partial charge in [-0.15, -0.1) is 0 Å². The van der Waals surface area contributed by atoms with E-state index in [4.69, 9.17) is 0 Å². The molecule has 4 nitrogen and oxygen atoms in total. The van der Waals surface area contributed by atoms with Crippen LogP contribution >= 0.6 is 11.8 Å². The summed E-state index contributed by atoms with van der Waals surface area (Å²) < 4.78 is 2.05. The Kier molecular flexibility index (Phi) is 4.77. The van der Waals surface area contributed by atoms with E-state index in [1.807, 2.05) is 24.0 Å². The van der Waals surface area contributed by atoms with Gasteiger partial charge in [0, 0.05) is 30.6 Å². The molecule has 0 bridgehead atoms. The van der Waals surface area contributed by atoms with Crippen molar-refractivity contribution in [3.8, 4) is 0 Å². The summed E-state index contributed by atoms with van der Waals surface area (Å²) in [6.07, 6.45) is 14.6. The average Bonchev–Trinajstić information content (AvgIpc) is 3.22. The van der Waals surface area contributed by atoms with Crippen LogP contribution < -0.4 is 0 Å². The SMILES string of the molecule is Cn1ccnc1SC[C@]1(O)CC[C@@H]2[C@H]3CCC4=C[C@@H](O)CC[C@]4(C)[C@H]3CC[C@@]21C. The zero-order chi connectivity index (χ0) is 20.4. The van der Waals surface area contributed by atoms with Gasteiger partial charge in [0.05, 0.1) is 11.7 Å². The first-order chi connectivity index (χ1) is 13.8. The van der Waals surface area contributed by atoms with Crippen molar-refractivity contribution in [3.63, 3.8) is 0 Å². The summed E-state index contributed by atoms with van der Waals surface area (Å²) in [4.78, 5) is 4.45. The molecule has 0 spiro atoms. The van der Waals surface area contributed by atoms with Gasteiger partial charge in [-0.3, -0.25) is 0 Å². The smallest absolute Gasteiger partial charge is 0.167 e. The van der Waals surface area contributed by atoms with E-state index in [0.29, 0.717) is 5.92 Å². The Bertz CT molecular complexity index is 822. The van der Waals surface area contributed by atoms with Crippen LogP contribution in [0.25, 0.3) is 0 Å². The van der Waals surface area contributed by atoms with Crippen molar-refractivity contribution >= 4 is 11.8 Å². The summed E-state index contributed by atoms with van der Waals surface area (Å²) in [6.45, 7) is 4.86.